The van der Waals surface area contributed by atoms with Gasteiger partial charge in [-0.15, -0.1) is 0 Å². The molecule has 96 valence electrons. The van der Waals surface area contributed by atoms with Crippen LogP contribution in [0.3, 0.4) is 0 Å². The first-order valence-electron chi connectivity index (χ1n) is 6.09. The van der Waals surface area contributed by atoms with Crippen molar-refractivity contribution < 1.29 is 0 Å². The summed E-state index contributed by atoms with van der Waals surface area (Å²) in [6.45, 7) is 4.29. The summed E-state index contributed by atoms with van der Waals surface area (Å²) in [5, 5.41) is 7.39. The van der Waals surface area contributed by atoms with Gasteiger partial charge in [0.2, 0.25) is 0 Å². The minimum Gasteiger partial charge on any atom is -0.365 e. The molecule has 1 atom stereocenters. The van der Waals surface area contributed by atoms with Crippen molar-refractivity contribution in [1.82, 2.24) is 10.3 Å². The van der Waals surface area contributed by atoms with Crippen molar-refractivity contribution >= 4 is 16.5 Å². The zero-order valence-electron chi connectivity index (χ0n) is 11.2. The lowest BCUT2D eigenvalue weighted by atomic mass is 10.0. The molecule has 0 bridgehead atoms. The molecule has 0 amide bonds. The number of nitrogens with one attached hydrogen (secondary N) is 2. The Labute approximate surface area is 112 Å². The Morgan fingerprint density at radius 3 is 2.56 bits per heavy atom. The molecule has 1 aromatic heterocycles. The van der Waals surface area contributed by atoms with Gasteiger partial charge in [0.25, 0.3) is 0 Å². The Morgan fingerprint density at radius 1 is 1.22 bits per heavy atom. The third kappa shape index (κ3) is 2.40. The van der Waals surface area contributed by atoms with Crippen molar-refractivity contribution in [2.45, 2.75) is 19.9 Å². The summed E-state index contributed by atoms with van der Waals surface area (Å²) in [6.07, 6.45) is 0. The van der Waals surface area contributed by atoms with Crippen molar-refractivity contribution in [2.24, 2.45) is 0 Å². The lowest BCUT2D eigenvalue weighted by Crippen LogP contribution is -2.11. The summed E-state index contributed by atoms with van der Waals surface area (Å²) in [6, 6.07) is 8.69. The van der Waals surface area contributed by atoms with Crippen LogP contribution in [0.25, 0.3) is 11.3 Å². The van der Waals surface area contributed by atoms with E-state index in [0.29, 0.717) is 6.04 Å². The van der Waals surface area contributed by atoms with Gasteiger partial charge in [-0.1, -0.05) is 35.6 Å². The number of nitrogens with zero attached hydrogens (tertiary/aromatic N) is 1. The van der Waals surface area contributed by atoms with Gasteiger partial charge in [-0.2, -0.15) is 0 Å². The highest BCUT2D eigenvalue weighted by Crippen LogP contribution is 2.36. The third-order valence-corrected chi connectivity index (χ3v) is 4.35. The van der Waals surface area contributed by atoms with Gasteiger partial charge in [-0.3, -0.25) is 0 Å². The van der Waals surface area contributed by atoms with E-state index >= 15 is 0 Å². The minimum atomic E-state index is 0.305. The zero-order chi connectivity index (χ0) is 13.1. The smallest absolute Gasteiger partial charge is 0.183 e. The van der Waals surface area contributed by atoms with Crippen LogP contribution in [0.1, 0.15) is 23.4 Å². The molecule has 0 spiro atoms. The highest BCUT2D eigenvalue weighted by Gasteiger charge is 2.17. The fourth-order valence-electron chi connectivity index (χ4n) is 1.89. The number of rotatable bonds is 4. The first kappa shape index (κ1) is 13.1. The standard InChI is InChI=1S/C14H19N3S/c1-9-7-5-6-8-11(9)12-13(10(2)15-3)18-14(16-4)17-12/h5-8,10,15H,1-4H3,(H,16,17). The van der Waals surface area contributed by atoms with Crippen LogP contribution in [-0.2, 0) is 0 Å². The van der Waals surface area contributed by atoms with Gasteiger partial charge >= 0.3 is 0 Å². The maximum Gasteiger partial charge on any atom is 0.183 e. The molecule has 1 aromatic carbocycles. The van der Waals surface area contributed by atoms with Crippen molar-refractivity contribution in [1.29, 1.82) is 0 Å². The number of thiazole rings is 1. The topological polar surface area (TPSA) is 37.0 Å². The molecule has 0 aliphatic rings. The normalized spacial score (nSPS) is 12.4. The van der Waals surface area contributed by atoms with Gasteiger partial charge in [0, 0.05) is 18.7 Å². The van der Waals surface area contributed by atoms with Crippen LogP contribution < -0.4 is 10.6 Å². The van der Waals surface area contributed by atoms with Gasteiger partial charge in [0.15, 0.2) is 5.13 Å². The zero-order valence-corrected chi connectivity index (χ0v) is 12.1. The highest BCUT2D eigenvalue weighted by atomic mass is 32.1. The summed E-state index contributed by atoms with van der Waals surface area (Å²) in [4.78, 5) is 5.97. The third-order valence-electron chi connectivity index (χ3n) is 3.09. The van der Waals surface area contributed by atoms with Crippen LogP contribution >= 0.6 is 11.3 Å². The molecule has 0 saturated heterocycles. The van der Waals surface area contributed by atoms with Crippen molar-refractivity contribution in [3.8, 4) is 11.3 Å². The molecule has 0 fully saturated rings. The van der Waals surface area contributed by atoms with Crippen molar-refractivity contribution in [3.05, 3.63) is 34.7 Å². The van der Waals surface area contributed by atoms with Crippen LogP contribution in [0, 0.1) is 6.92 Å². The van der Waals surface area contributed by atoms with E-state index in [2.05, 4.69) is 48.7 Å². The molecule has 2 N–H and O–H groups in total. The summed E-state index contributed by atoms with van der Waals surface area (Å²) in [7, 11) is 3.89. The molecule has 4 heteroatoms. The van der Waals surface area contributed by atoms with Crippen LogP contribution in [-0.4, -0.2) is 19.1 Å². The van der Waals surface area contributed by atoms with Crippen LogP contribution in [0.5, 0.6) is 0 Å². The molecule has 0 radical (unpaired) electrons. The van der Waals surface area contributed by atoms with E-state index in [9.17, 15) is 0 Å². The number of benzene rings is 1. The monoisotopic (exact) mass is 261 g/mol. The Kier molecular flexibility index (Phi) is 3.99. The first-order valence-corrected chi connectivity index (χ1v) is 6.90. The molecule has 18 heavy (non-hydrogen) atoms. The first-order chi connectivity index (χ1) is 8.67. The van der Waals surface area contributed by atoms with Gasteiger partial charge in [-0.25, -0.2) is 4.98 Å². The molecule has 0 aliphatic heterocycles. The molecule has 2 rings (SSSR count). The Morgan fingerprint density at radius 2 is 1.94 bits per heavy atom. The Bertz CT molecular complexity index is 534. The van der Waals surface area contributed by atoms with Gasteiger partial charge in [0.1, 0.15) is 0 Å². The predicted octanol–water partition coefficient (Wildman–Crippen LogP) is 3.44. The van der Waals surface area contributed by atoms with Crippen LogP contribution in [0.4, 0.5) is 5.13 Å². The summed E-state index contributed by atoms with van der Waals surface area (Å²) in [5.74, 6) is 0. The Hall–Kier alpha value is -1.39. The van der Waals surface area contributed by atoms with E-state index in [-0.39, 0.29) is 0 Å². The van der Waals surface area contributed by atoms with Gasteiger partial charge in [0.05, 0.1) is 10.6 Å². The second kappa shape index (κ2) is 5.50. The number of aromatic nitrogens is 1. The summed E-state index contributed by atoms with van der Waals surface area (Å²) >= 11 is 1.71. The van der Waals surface area contributed by atoms with Crippen LogP contribution in [0.15, 0.2) is 24.3 Å². The fraction of sp³-hybridized carbons (Fsp3) is 0.357. The lowest BCUT2D eigenvalue weighted by molar-refractivity contribution is 0.664. The van der Waals surface area contributed by atoms with E-state index in [1.54, 1.807) is 11.3 Å². The van der Waals surface area contributed by atoms with E-state index in [1.165, 1.54) is 16.0 Å². The molecular weight excluding hydrogens is 242 g/mol. The maximum absolute atomic E-state index is 4.70. The summed E-state index contributed by atoms with van der Waals surface area (Å²) in [5.41, 5.74) is 3.56. The second-order valence-corrected chi connectivity index (χ2v) is 5.34. The van der Waals surface area contributed by atoms with Gasteiger partial charge in [-0.05, 0) is 26.5 Å². The second-order valence-electron chi connectivity index (χ2n) is 4.31. The number of hydrogen-bond donors (Lipinski definition) is 2. The quantitative estimate of drug-likeness (QED) is 0.885. The molecule has 2 aromatic rings. The molecule has 0 saturated carbocycles. The van der Waals surface area contributed by atoms with Crippen molar-refractivity contribution in [2.75, 3.05) is 19.4 Å². The van der Waals surface area contributed by atoms with E-state index in [1.807, 2.05) is 14.1 Å². The van der Waals surface area contributed by atoms with Crippen molar-refractivity contribution in [3.63, 3.8) is 0 Å². The SMILES string of the molecule is CNc1nc(-c2ccccc2C)c(C(C)NC)s1. The maximum atomic E-state index is 4.70. The largest absolute Gasteiger partial charge is 0.365 e. The molecule has 0 aliphatic carbocycles. The average Bonchev–Trinajstić information content (AvgIpc) is 2.82. The molecular formula is C14H19N3S. The highest BCUT2D eigenvalue weighted by molar-refractivity contribution is 7.16. The number of hydrogen-bond acceptors (Lipinski definition) is 4. The Balaban J connectivity index is 2.56. The number of anilines is 1. The van der Waals surface area contributed by atoms with E-state index in [0.717, 1.165) is 10.8 Å². The van der Waals surface area contributed by atoms with Gasteiger partial charge < -0.3 is 10.6 Å². The molecule has 3 nitrogen and oxygen atoms in total. The van der Waals surface area contributed by atoms with E-state index in [4.69, 9.17) is 4.98 Å². The van der Waals surface area contributed by atoms with Crippen LogP contribution in [0.2, 0.25) is 0 Å². The van der Waals surface area contributed by atoms with E-state index < -0.39 is 0 Å². The predicted molar refractivity (Wildman–Crippen MR) is 79.3 cm³/mol. The average molecular weight is 261 g/mol. The minimum absolute atomic E-state index is 0.305. The number of aryl methyl sites for hydroxylation is 1. The molecule has 1 heterocycles. The summed E-state index contributed by atoms with van der Waals surface area (Å²) < 4.78 is 0. The lowest BCUT2D eigenvalue weighted by Gasteiger charge is -2.11. The molecule has 1 unspecified atom stereocenters. The fourth-order valence-corrected chi connectivity index (χ4v) is 2.89.